The molecule has 0 radical (unpaired) electrons. The molecular weight excluding hydrogens is 284 g/mol. The largest absolute Gasteiger partial charge is 0.343 e. The number of nitrogens with zero attached hydrogens (tertiary/aromatic N) is 1. The summed E-state index contributed by atoms with van der Waals surface area (Å²) in [6.45, 7) is 4.68. The fraction of sp³-hybridized carbons (Fsp3) is 0.875. The van der Waals surface area contributed by atoms with Crippen molar-refractivity contribution in [2.24, 2.45) is 0 Å². The average molecular weight is 312 g/mol. The van der Waals surface area contributed by atoms with Crippen LogP contribution in [0.1, 0.15) is 58.8 Å². The zero-order valence-electron chi connectivity index (χ0n) is 13.5. The first kappa shape index (κ1) is 16.7. The molecule has 2 aliphatic rings. The molecule has 1 saturated carbocycles. The fourth-order valence-corrected chi connectivity index (χ4v) is 4.59. The van der Waals surface area contributed by atoms with Crippen molar-refractivity contribution in [2.45, 2.75) is 75.6 Å². The Morgan fingerprint density at radius 3 is 2.38 bits per heavy atom. The molecule has 0 aromatic heterocycles. The third-order valence-electron chi connectivity index (χ3n) is 5.03. The Morgan fingerprint density at radius 2 is 1.86 bits per heavy atom. The molecule has 0 bridgehead atoms. The maximum absolute atomic E-state index is 12.7. The van der Waals surface area contributed by atoms with Crippen molar-refractivity contribution >= 4 is 23.6 Å². The first-order valence-corrected chi connectivity index (χ1v) is 9.45. The molecule has 2 amide bonds. The van der Waals surface area contributed by atoms with Gasteiger partial charge in [0.05, 0.1) is 0 Å². The number of rotatable bonds is 5. The van der Waals surface area contributed by atoms with Crippen LogP contribution in [0.4, 0.5) is 0 Å². The zero-order chi connectivity index (χ0) is 15.5. The summed E-state index contributed by atoms with van der Waals surface area (Å²) >= 11 is 1.89. The minimum atomic E-state index is -0.331. The first-order valence-electron chi connectivity index (χ1n) is 8.23. The Morgan fingerprint density at radius 1 is 1.19 bits per heavy atom. The maximum atomic E-state index is 12.7. The van der Waals surface area contributed by atoms with Gasteiger partial charge in [0.25, 0.3) is 0 Å². The van der Waals surface area contributed by atoms with Crippen molar-refractivity contribution in [3.8, 4) is 0 Å². The highest BCUT2D eigenvalue weighted by Crippen LogP contribution is 2.40. The molecule has 1 saturated heterocycles. The third-order valence-corrected chi connectivity index (χ3v) is 6.43. The van der Waals surface area contributed by atoms with E-state index < -0.39 is 0 Å². The quantitative estimate of drug-likeness (QED) is 0.849. The molecule has 0 aromatic carbocycles. The van der Waals surface area contributed by atoms with Crippen molar-refractivity contribution in [3.05, 3.63) is 0 Å². The number of piperazine rings is 1. The number of hydrogen-bond donors (Lipinski definition) is 1. The fourth-order valence-electron chi connectivity index (χ4n) is 3.63. The number of carbonyl (C=O) groups excluding carboxylic acids is 2. The summed E-state index contributed by atoms with van der Waals surface area (Å²) in [5, 5.41) is 2.88. The van der Waals surface area contributed by atoms with Crippen LogP contribution in [-0.4, -0.2) is 46.3 Å². The molecule has 5 heteroatoms. The molecular formula is C16H28N2O2S. The van der Waals surface area contributed by atoms with Gasteiger partial charge in [-0.1, -0.05) is 33.1 Å². The van der Waals surface area contributed by atoms with Crippen molar-refractivity contribution in [1.29, 1.82) is 0 Å². The lowest BCUT2D eigenvalue weighted by atomic mass is 9.86. The number of nitrogens with one attached hydrogen (secondary N) is 1. The zero-order valence-corrected chi connectivity index (χ0v) is 14.3. The third kappa shape index (κ3) is 3.38. The van der Waals surface area contributed by atoms with Crippen LogP contribution in [0.3, 0.4) is 0 Å². The van der Waals surface area contributed by atoms with Gasteiger partial charge < -0.3 is 10.2 Å². The van der Waals surface area contributed by atoms with Crippen molar-refractivity contribution in [1.82, 2.24) is 10.2 Å². The van der Waals surface area contributed by atoms with Crippen LogP contribution in [-0.2, 0) is 9.59 Å². The van der Waals surface area contributed by atoms with Crippen LogP contribution in [0.2, 0.25) is 0 Å². The van der Waals surface area contributed by atoms with E-state index in [1.807, 2.05) is 30.5 Å². The van der Waals surface area contributed by atoms with Gasteiger partial charge in [-0.3, -0.25) is 9.59 Å². The van der Waals surface area contributed by atoms with E-state index in [2.05, 4.69) is 11.6 Å². The van der Waals surface area contributed by atoms with Crippen LogP contribution >= 0.6 is 11.8 Å². The molecule has 4 nitrogen and oxygen atoms in total. The van der Waals surface area contributed by atoms with Crippen molar-refractivity contribution < 1.29 is 9.59 Å². The summed E-state index contributed by atoms with van der Waals surface area (Å²) in [5.41, 5.74) is 0. The molecule has 1 heterocycles. The molecule has 1 aliphatic heterocycles. The highest BCUT2D eigenvalue weighted by atomic mass is 32.2. The first-order chi connectivity index (χ1) is 10.1. The Hall–Kier alpha value is -0.710. The molecule has 2 fully saturated rings. The van der Waals surface area contributed by atoms with Crippen molar-refractivity contribution in [2.75, 3.05) is 12.8 Å². The summed E-state index contributed by atoms with van der Waals surface area (Å²) in [4.78, 5) is 26.9. The monoisotopic (exact) mass is 312 g/mol. The predicted octanol–water partition coefficient (Wildman–Crippen LogP) is 2.57. The summed E-state index contributed by atoms with van der Waals surface area (Å²) in [5.74, 6) is 0.138. The van der Waals surface area contributed by atoms with Gasteiger partial charge in [0, 0.05) is 11.3 Å². The Labute approximate surface area is 132 Å². The molecule has 2 unspecified atom stereocenters. The molecule has 2 atom stereocenters. The molecule has 2 rings (SSSR count). The lowest BCUT2D eigenvalue weighted by Crippen LogP contribution is -2.65. The Kier molecular flexibility index (Phi) is 5.58. The summed E-state index contributed by atoms with van der Waals surface area (Å²) in [6, 6.07) is -0.617. The van der Waals surface area contributed by atoms with Gasteiger partial charge in [-0.2, -0.15) is 11.8 Å². The van der Waals surface area contributed by atoms with E-state index in [0.29, 0.717) is 12.8 Å². The number of thioether (sulfide) groups is 1. The van der Waals surface area contributed by atoms with Gasteiger partial charge in [-0.25, -0.2) is 0 Å². The predicted molar refractivity (Wildman–Crippen MR) is 87.3 cm³/mol. The molecule has 1 N–H and O–H groups in total. The highest BCUT2D eigenvalue weighted by molar-refractivity contribution is 8.00. The lowest BCUT2D eigenvalue weighted by molar-refractivity contribution is -0.150. The number of amides is 2. The van der Waals surface area contributed by atoms with Gasteiger partial charge in [-0.15, -0.1) is 0 Å². The van der Waals surface area contributed by atoms with Crippen LogP contribution in [0, 0.1) is 0 Å². The van der Waals surface area contributed by atoms with Gasteiger partial charge >= 0.3 is 0 Å². The second-order valence-corrected chi connectivity index (χ2v) is 7.58. The second kappa shape index (κ2) is 7.03. The molecule has 1 aliphatic carbocycles. The van der Waals surface area contributed by atoms with Gasteiger partial charge in [0.1, 0.15) is 12.1 Å². The minimum absolute atomic E-state index is 0.0241. The standard InChI is InChI=1S/C16H28N2O2S/c1-4-12-15(20)18(13(5-2)14(19)17-12)11-16(21-3)9-7-6-8-10-16/h12-13H,4-11H2,1-3H3,(H,17,19). The average Bonchev–Trinajstić information content (AvgIpc) is 2.51. The summed E-state index contributed by atoms with van der Waals surface area (Å²) < 4.78 is 0.150. The Bertz CT molecular complexity index is 394. The van der Waals surface area contributed by atoms with E-state index in [0.717, 1.165) is 19.4 Å². The molecule has 0 spiro atoms. The molecule has 21 heavy (non-hydrogen) atoms. The van der Waals surface area contributed by atoms with Crippen LogP contribution in [0.5, 0.6) is 0 Å². The van der Waals surface area contributed by atoms with E-state index in [-0.39, 0.29) is 28.6 Å². The number of hydrogen-bond acceptors (Lipinski definition) is 3. The normalized spacial score (nSPS) is 29.4. The van der Waals surface area contributed by atoms with E-state index in [4.69, 9.17) is 0 Å². The minimum Gasteiger partial charge on any atom is -0.343 e. The summed E-state index contributed by atoms with van der Waals surface area (Å²) in [7, 11) is 0. The highest BCUT2D eigenvalue weighted by Gasteiger charge is 2.43. The Balaban J connectivity index is 2.20. The molecule has 0 aromatic rings. The maximum Gasteiger partial charge on any atom is 0.245 e. The number of carbonyl (C=O) groups is 2. The van der Waals surface area contributed by atoms with Gasteiger partial charge in [0.2, 0.25) is 11.8 Å². The van der Waals surface area contributed by atoms with Crippen LogP contribution in [0.25, 0.3) is 0 Å². The van der Waals surface area contributed by atoms with Crippen molar-refractivity contribution in [3.63, 3.8) is 0 Å². The van der Waals surface area contributed by atoms with E-state index in [9.17, 15) is 9.59 Å². The summed E-state index contributed by atoms with van der Waals surface area (Å²) in [6.07, 6.45) is 9.61. The molecule has 120 valence electrons. The van der Waals surface area contributed by atoms with E-state index in [1.165, 1.54) is 19.3 Å². The SMILES string of the molecule is CCC1NC(=O)C(CC)N(CC2(SC)CCCCC2)C1=O. The van der Waals surface area contributed by atoms with Crippen LogP contribution in [0.15, 0.2) is 0 Å². The van der Waals surface area contributed by atoms with Gasteiger partial charge in [-0.05, 0) is 31.9 Å². The smallest absolute Gasteiger partial charge is 0.245 e. The lowest BCUT2D eigenvalue weighted by Gasteiger charge is -2.45. The van der Waals surface area contributed by atoms with Gasteiger partial charge in [0.15, 0.2) is 0 Å². The van der Waals surface area contributed by atoms with E-state index in [1.54, 1.807) is 0 Å². The van der Waals surface area contributed by atoms with E-state index >= 15 is 0 Å². The van der Waals surface area contributed by atoms with Crippen LogP contribution < -0.4 is 5.32 Å². The second-order valence-electron chi connectivity index (χ2n) is 6.31. The topological polar surface area (TPSA) is 49.4 Å².